The van der Waals surface area contributed by atoms with Gasteiger partial charge in [0, 0.05) is 19.3 Å². The van der Waals surface area contributed by atoms with Crippen LogP contribution in [0, 0.1) is 11.3 Å². The number of nitrogens with zero attached hydrogens (tertiary/aromatic N) is 2. The first-order chi connectivity index (χ1) is 12.6. The van der Waals surface area contributed by atoms with E-state index in [-0.39, 0.29) is 17.7 Å². The first kappa shape index (κ1) is 21.2. The quantitative estimate of drug-likeness (QED) is 0.288. The number of nitrogens with one attached hydrogen (secondary N) is 2. The first-order valence-electron chi connectivity index (χ1n) is 8.70. The van der Waals surface area contributed by atoms with Crippen LogP contribution in [0.25, 0.3) is 0 Å². The van der Waals surface area contributed by atoms with Crippen LogP contribution in [0.5, 0.6) is 0 Å². The smallest absolute Gasteiger partial charge is 0.340 e. The van der Waals surface area contributed by atoms with Crippen LogP contribution in [0.4, 0.5) is 5.69 Å². The van der Waals surface area contributed by atoms with Crippen molar-refractivity contribution in [2.24, 2.45) is 0 Å². The zero-order valence-corrected chi connectivity index (χ0v) is 15.5. The number of hydrogen-bond acceptors (Lipinski definition) is 6. The van der Waals surface area contributed by atoms with Gasteiger partial charge in [-0.1, -0.05) is 26.0 Å². The Morgan fingerprint density at radius 2 is 1.92 bits per heavy atom. The van der Waals surface area contributed by atoms with Crippen molar-refractivity contribution in [1.29, 1.82) is 5.26 Å². The normalized spacial score (nSPS) is 11.0. The van der Waals surface area contributed by atoms with Gasteiger partial charge in [0.25, 0.3) is 5.91 Å². The van der Waals surface area contributed by atoms with E-state index in [0.29, 0.717) is 12.2 Å². The van der Waals surface area contributed by atoms with Crippen molar-refractivity contribution in [1.82, 2.24) is 10.2 Å². The zero-order chi connectivity index (χ0) is 19.4. The molecule has 0 aliphatic carbocycles. The summed E-state index contributed by atoms with van der Waals surface area (Å²) in [7, 11) is 0. The lowest BCUT2D eigenvalue weighted by molar-refractivity contribution is -0.112. The molecule has 7 nitrogen and oxygen atoms in total. The van der Waals surface area contributed by atoms with Crippen LogP contribution in [-0.2, 0) is 9.53 Å². The molecule has 26 heavy (non-hydrogen) atoms. The van der Waals surface area contributed by atoms with Crippen molar-refractivity contribution in [3.05, 3.63) is 41.6 Å². The number of rotatable bonds is 10. The summed E-state index contributed by atoms with van der Waals surface area (Å²) in [6.45, 7) is 9.43. The Hall–Kier alpha value is -2.85. The number of esters is 1. The Labute approximate surface area is 154 Å². The molecule has 0 unspecified atom stereocenters. The summed E-state index contributed by atoms with van der Waals surface area (Å²) < 4.78 is 4.97. The van der Waals surface area contributed by atoms with Crippen LogP contribution in [0.2, 0.25) is 0 Å². The van der Waals surface area contributed by atoms with Crippen molar-refractivity contribution in [2.75, 3.05) is 38.1 Å². The molecule has 0 radical (unpaired) electrons. The summed E-state index contributed by atoms with van der Waals surface area (Å²) >= 11 is 0. The molecule has 0 aromatic heterocycles. The fourth-order valence-electron chi connectivity index (χ4n) is 2.25. The SMILES string of the molecule is CCOC(=O)c1ccccc1NC(=O)/C(C#N)=C\NCCN(CC)CC. The van der Waals surface area contributed by atoms with Gasteiger partial charge in [-0.2, -0.15) is 5.26 Å². The van der Waals surface area contributed by atoms with Crippen LogP contribution < -0.4 is 10.6 Å². The molecule has 1 amide bonds. The van der Waals surface area contributed by atoms with Crippen molar-refractivity contribution >= 4 is 17.6 Å². The summed E-state index contributed by atoms with van der Waals surface area (Å²) in [6.07, 6.45) is 1.39. The molecular weight excluding hydrogens is 332 g/mol. The Bertz CT molecular complexity index is 676. The second-order valence-corrected chi connectivity index (χ2v) is 5.37. The van der Waals surface area contributed by atoms with E-state index in [0.717, 1.165) is 19.6 Å². The maximum atomic E-state index is 12.3. The number of amides is 1. The fourth-order valence-corrected chi connectivity index (χ4v) is 2.25. The Morgan fingerprint density at radius 3 is 2.54 bits per heavy atom. The molecule has 0 aliphatic heterocycles. The average Bonchev–Trinajstić information content (AvgIpc) is 2.65. The second kappa shape index (κ2) is 11.7. The molecule has 0 fully saturated rings. The number of anilines is 1. The third-order valence-corrected chi connectivity index (χ3v) is 3.75. The van der Waals surface area contributed by atoms with Crippen molar-refractivity contribution in [2.45, 2.75) is 20.8 Å². The maximum absolute atomic E-state index is 12.3. The minimum atomic E-state index is -0.584. The van der Waals surface area contributed by atoms with Crippen molar-refractivity contribution in [3.63, 3.8) is 0 Å². The molecule has 0 saturated heterocycles. The number of nitriles is 1. The van der Waals surface area contributed by atoms with Gasteiger partial charge in [-0.15, -0.1) is 0 Å². The molecule has 2 N–H and O–H groups in total. The average molecular weight is 358 g/mol. The van der Waals surface area contributed by atoms with Gasteiger partial charge in [0.1, 0.15) is 11.6 Å². The summed E-state index contributed by atoms with van der Waals surface area (Å²) in [5, 5.41) is 14.8. The molecule has 0 aliphatic rings. The third-order valence-electron chi connectivity index (χ3n) is 3.75. The fraction of sp³-hybridized carbons (Fsp3) is 0.421. The van der Waals surface area contributed by atoms with Gasteiger partial charge in [-0.3, -0.25) is 4.79 Å². The zero-order valence-electron chi connectivity index (χ0n) is 15.5. The van der Waals surface area contributed by atoms with Crippen LogP contribution in [0.3, 0.4) is 0 Å². The lowest BCUT2D eigenvalue weighted by Gasteiger charge is -2.17. The lowest BCUT2D eigenvalue weighted by Crippen LogP contribution is -2.30. The molecule has 0 saturated carbocycles. The number of para-hydroxylation sites is 1. The van der Waals surface area contributed by atoms with Gasteiger partial charge >= 0.3 is 5.97 Å². The monoisotopic (exact) mass is 358 g/mol. The second-order valence-electron chi connectivity index (χ2n) is 5.37. The van der Waals surface area contributed by atoms with Crippen LogP contribution in [-0.4, -0.2) is 49.6 Å². The predicted octanol–water partition coefficient (Wildman–Crippen LogP) is 2.14. The van der Waals surface area contributed by atoms with Gasteiger partial charge < -0.3 is 20.3 Å². The topological polar surface area (TPSA) is 94.5 Å². The largest absolute Gasteiger partial charge is 0.462 e. The molecule has 0 spiro atoms. The molecule has 0 atom stereocenters. The molecule has 1 aromatic carbocycles. The van der Waals surface area contributed by atoms with Crippen molar-refractivity contribution < 1.29 is 14.3 Å². The molecular formula is C19H26N4O3. The number of ether oxygens (including phenoxy) is 1. The Morgan fingerprint density at radius 1 is 1.23 bits per heavy atom. The molecule has 1 aromatic rings. The highest BCUT2D eigenvalue weighted by Crippen LogP contribution is 2.17. The number of carbonyl (C=O) groups excluding carboxylic acids is 2. The van der Waals surface area contributed by atoms with E-state index in [2.05, 4.69) is 29.4 Å². The summed E-state index contributed by atoms with van der Waals surface area (Å²) in [4.78, 5) is 26.5. The predicted molar refractivity (Wildman–Crippen MR) is 101 cm³/mol. The van der Waals surface area contributed by atoms with E-state index in [1.165, 1.54) is 6.20 Å². The summed E-state index contributed by atoms with van der Waals surface area (Å²) in [6, 6.07) is 8.39. The van der Waals surface area contributed by atoms with E-state index in [1.807, 2.05) is 6.07 Å². The third kappa shape index (κ3) is 6.57. The molecule has 1 rings (SSSR count). The number of hydrogen-bond donors (Lipinski definition) is 2. The van der Waals surface area contributed by atoms with E-state index < -0.39 is 11.9 Å². The Kier molecular flexibility index (Phi) is 9.50. The molecule has 0 bridgehead atoms. The minimum Gasteiger partial charge on any atom is -0.462 e. The highest BCUT2D eigenvalue weighted by Gasteiger charge is 2.16. The lowest BCUT2D eigenvalue weighted by atomic mass is 10.1. The number of benzene rings is 1. The Balaban J connectivity index is 2.74. The van der Waals surface area contributed by atoms with E-state index in [4.69, 9.17) is 4.74 Å². The highest BCUT2D eigenvalue weighted by molar-refractivity contribution is 6.09. The summed E-state index contributed by atoms with van der Waals surface area (Å²) in [5.74, 6) is -1.11. The van der Waals surface area contributed by atoms with E-state index >= 15 is 0 Å². The van der Waals surface area contributed by atoms with Gasteiger partial charge in [-0.05, 0) is 32.1 Å². The van der Waals surface area contributed by atoms with Crippen molar-refractivity contribution in [3.8, 4) is 6.07 Å². The molecule has 7 heteroatoms. The van der Waals surface area contributed by atoms with Crippen LogP contribution >= 0.6 is 0 Å². The summed E-state index contributed by atoms with van der Waals surface area (Å²) in [5.41, 5.74) is 0.484. The van der Waals surface area contributed by atoms with Crippen LogP contribution in [0.1, 0.15) is 31.1 Å². The van der Waals surface area contributed by atoms with Crippen LogP contribution in [0.15, 0.2) is 36.0 Å². The van der Waals surface area contributed by atoms with E-state index in [1.54, 1.807) is 31.2 Å². The number of likely N-dealkylation sites (N-methyl/N-ethyl adjacent to an activating group) is 1. The minimum absolute atomic E-state index is 0.0665. The first-order valence-corrected chi connectivity index (χ1v) is 8.70. The van der Waals surface area contributed by atoms with Gasteiger partial charge in [0.05, 0.1) is 17.9 Å². The highest BCUT2D eigenvalue weighted by atomic mass is 16.5. The van der Waals surface area contributed by atoms with Gasteiger partial charge in [-0.25, -0.2) is 4.79 Å². The van der Waals surface area contributed by atoms with E-state index in [9.17, 15) is 14.9 Å². The number of carbonyl (C=O) groups is 2. The molecule has 0 heterocycles. The molecule has 140 valence electrons. The standard InChI is InChI=1S/C19H26N4O3/c1-4-23(5-2)12-11-21-14-15(13-20)18(24)22-17-10-8-7-9-16(17)19(25)26-6-3/h7-10,14,21H,4-6,11-12H2,1-3H3,(H,22,24)/b15-14-. The maximum Gasteiger partial charge on any atom is 0.340 e. The van der Waals surface area contributed by atoms with Gasteiger partial charge in [0.15, 0.2) is 0 Å². The van der Waals surface area contributed by atoms with Gasteiger partial charge in [0.2, 0.25) is 0 Å².